The number of fused-ring (bicyclic) bond motifs is 1. The molecule has 0 aliphatic carbocycles. The molecule has 0 saturated heterocycles. The molecular formula is C19H21Cl2N5O4S. The number of rotatable bonds is 6. The Balaban J connectivity index is 2.21. The van der Waals surface area contributed by atoms with Crippen LogP contribution in [0.15, 0.2) is 35.5 Å². The van der Waals surface area contributed by atoms with Gasteiger partial charge in [-0.1, -0.05) is 29.3 Å². The van der Waals surface area contributed by atoms with Crippen molar-refractivity contribution in [3.8, 4) is 0 Å². The van der Waals surface area contributed by atoms with Gasteiger partial charge in [-0.2, -0.15) is 9.61 Å². The van der Waals surface area contributed by atoms with Crippen molar-refractivity contribution in [2.75, 3.05) is 11.9 Å². The SMILES string of the molecule is CCOC(=O)c1cnc2c(S(=O)(=O)NC(C)(C)C)cnn2c1Nc1cccc(Cl)c1Cl. The molecule has 0 amide bonds. The largest absolute Gasteiger partial charge is 0.462 e. The normalized spacial score (nSPS) is 12.2. The standard InChI is InChI=1S/C19H21Cl2N5O4S/c1-5-30-18(27)11-9-22-17-14(31(28,29)25-19(2,3)4)10-23-26(17)16(11)24-13-8-6-7-12(20)15(13)21/h6-10,24-25H,5H2,1-4H3. The second kappa shape index (κ2) is 8.62. The third kappa shape index (κ3) is 4.93. The van der Waals surface area contributed by atoms with Gasteiger partial charge in [0.15, 0.2) is 11.5 Å². The van der Waals surface area contributed by atoms with Gasteiger partial charge in [-0.15, -0.1) is 0 Å². The van der Waals surface area contributed by atoms with Gasteiger partial charge in [0.2, 0.25) is 10.0 Å². The van der Waals surface area contributed by atoms with E-state index in [4.69, 9.17) is 27.9 Å². The Bertz CT molecular complexity index is 1250. The van der Waals surface area contributed by atoms with E-state index in [2.05, 4.69) is 20.1 Å². The maximum Gasteiger partial charge on any atom is 0.343 e. The van der Waals surface area contributed by atoms with Crippen LogP contribution in [0.25, 0.3) is 5.65 Å². The lowest BCUT2D eigenvalue weighted by atomic mass is 10.1. The molecule has 31 heavy (non-hydrogen) atoms. The van der Waals surface area contributed by atoms with Crippen molar-refractivity contribution in [1.82, 2.24) is 19.3 Å². The quantitative estimate of drug-likeness (QED) is 0.506. The Labute approximate surface area is 189 Å². The highest BCUT2D eigenvalue weighted by atomic mass is 35.5. The average molecular weight is 486 g/mol. The summed E-state index contributed by atoms with van der Waals surface area (Å²) in [7, 11) is -3.94. The molecule has 3 rings (SSSR count). The Hall–Kier alpha value is -2.40. The summed E-state index contributed by atoms with van der Waals surface area (Å²) in [6, 6.07) is 4.93. The van der Waals surface area contributed by atoms with Crippen LogP contribution in [-0.2, 0) is 14.8 Å². The number of halogens is 2. The molecule has 9 nitrogen and oxygen atoms in total. The maximum absolute atomic E-state index is 12.9. The zero-order chi connectivity index (χ0) is 23.0. The van der Waals surface area contributed by atoms with Crippen LogP contribution in [0.5, 0.6) is 0 Å². The van der Waals surface area contributed by atoms with E-state index in [1.165, 1.54) is 10.7 Å². The number of anilines is 2. The number of nitrogens with zero attached hydrogens (tertiary/aromatic N) is 3. The van der Waals surface area contributed by atoms with Crippen molar-refractivity contribution in [2.24, 2.45) is 0 Å². The van der Waals surface area contributed by atoms with E-state index in [-0.39, 0.29) is 33.6 Å². The van der Waals surface area contributed by atoms with E-state index in [9.17, 15) is 13.2 Å². The number of hydrogen-bond donors (Lipinski definition) is 2. The van der Waals surface area contributed by atoms with Crippen LogP contribution in [0.2, 0.25) is 10.0 Å². The predicted octanol–water partition coefficient (Wildman–Crippen LogP) is 4.03. The van der Waals surface area contributed by atoms with Crippen LogP contribution in [0.3, 0.4) is 0 Å². The molecule has 12 heteroatoms. The molecule has 3 aromatic rings. The number of benzene rings is 1. The van der Waals surface area contributed by atoms with Gasteiger partial charge >= 0.3 is 5.97 Å². The van der Waals surface area contributed by atoms with E-state index in [0.29, 0.717) is 10.7 Å². The summed E-state index contributed by atoms with van der Waals surface area (Å²) in [5.41, 5.74) is -0.264. The molecule has 2 aromatic heterocycles. The molecule has 0 aliphatic heterocycles. The summed E-state index contributed by atoms with van der Waals surface area (Å²) >= 11 is 12.4. The molecule has 0 aliphatic rings. The van der Waals surface area contributed by atoms with Gasteiger partial charge < -0.3 is 10.1 Å². The molecular weight excluding hydrogens is 465 g/mol. The molecule has 2 heterocycles. The first kappa shape index (κ1) is 23.3. The van der Waals surface area contributed by atoms with Gasteiger partial charge in [0, 0.05) is 11.7 Å². The predicted molar refractivity (Wildman–Crippen MR) is 119 cm³/mol. The highest BCUT2D eigenvalue weighted by Gasteiger charge is 2.28. The Morgan fingerprint density at radius 3 is 2.58 bits per heavy atom. The Morgan fingerprint density at radius 2 is 1.94 bits per heavy atom. The van der Waals surface area contributed by atoms with E-state index in [1.54, 1.807) is 45.9 Å². The molecule has 0 bridgehead atoms. The number of ether oxygens (including phenoxy) is 1. The number of aromatic nitrogens is 3. The zero-order valence-corrected chi connectivity index (χ0v) is 19.6. The van der Waals surface area contributed by atoms with Gasteiger partial charge in [0.25, 0.3) is 0 Å². The van der Waals surface area contributed by atoms with E-state index in [1.807, 2.05) is 0 Å². The Kier molecular flexibility index (Phi) is 6.47. The van der Waals surface area contributed by atoms with Crippen LogP contribution in [0, 0.1) is 0 Å². The molecule has 0 spiro atoms. The second-order valence-electron chi connectivity index (χ2n) is 7.57. The molecule has 2 N–H and O–H groups in total. The van der Waals surface area contributed by atoms with Crippen LogP contribution >= 0.6 is 23.2 Å². The summed E-state index contributed by atoms with van der Waals surface area (Å²) in [4.78, 5) is 16.5. The topological polar surface area (TPSA) is 115 Å². The summed E-state index contributed by atoms with van der Waals surface area (Å²) < 4.78 is 34.6. The van der Waals surface area contributed by atoms with Crippen molar-refractivity contribution >= 4 is 56.3 Å². The summed E-state index contributed by atoms with van der Waals surface area (Å²) in [6.07, 6.45) is 2.39. The maximum atomic E-state index is 12.9. The smallest absolute Gasteiger partial charge is 0.343 e. The van der Waals surface area contributed by atoms with Gasteiger partial charge in [0.05, 0.1) is 28.5 Å². The van der Waals surface area contributed by atoms with Crippen LogP contribution in [-0.4, -0.2) is 41.1 Å². The molecule has 0 saturated carbocycles. The molecule has 166 valence electrons. The number of nitrogens with one attached hydrogen (secondary N) is 2. The van der Waals surface area contributed by atoms with Crippen LogP contribution in [0.1, 0.15) is 38.1 Å². The van der Waals surface area contributed by atoms with Crippen molar-refractivity contribution in [3.05, 3.63) is 46.2 Å². The van der Waals surface area contributed by atoms with E-state index in [0.717, 1.165) is 6.20 Å². The van der Waals surface area contributed by atoms with E-state index >= 15 is 0 Å². The monoisotopic (exact) mass is 485 g/mol. The van der Waals surface area contributed by atoms with Crippen molar-refractivity contribution in [2.45, 2.75) is 38.1 Å². The molecule has 0 unspecified atom stereocenters. The van der Waals surface area contributed by atoms with Crippen molar-refractivity contribution in [1.29, 1.82) is 0 Å². The molecule has 0 fully saturated rings. The minimum Gasteiger partial charge on any atom is -0.462 e. The fourth-order valence-corrected chi connectivity index (χ4v) is 4.59. The van der Waals surface area contributed by atoms with E-state index < -0.39 is 21.5 Å². The average Bonchev–Trinajstić information content (AvgIpc) is 3.09. The lowest BCUT2D eigenvalue weighted by Crippen LogP contribution is -2.40. The third-order valence-corrected chi connectivity index (χ3v) is 6.49. The lowest BCUT2D eigenvalue weighted by Gasteiger charge is -2.19. The van der Waals surface area contributed by atoms with Crippen molar-refractivity contribution in [3.63, 3.8) is 0 Å². The van der Waals surface area contributed by atoms with Crippen LogP contribution < -0.4 is 10.0 Å². The molecule has 1 aromatic carbocycles. The summed E-state index contributed by atoms with van der Waals surface area (Å²) in [6.45, 7) is 6.97. The fourth-order valence-electron chi connectivity index (χ4n) is 2.76. The molecule has 0 atom stereocenters. The van der Waals surface area contributed by atoms with Gasteiger partial charge in [-0.05, 0) is 39.8 Å². The zero-order valence-electron chi connectivity index (χ0n) is 17.2. The van der Waals surface area contributed by atoms with Gasteiger partial charge in [-0.3, -0.25) is 0 Å². The minimum atomic E-state index is -3.94. The highest BCUT2D eigenvalue weighted by molar-refractivity contribution is 7.89. The van der Waals surface area contributed by atoms with Crippen LogP contribution in [0.4, 0.5) is 11.5 Å². The Morgan fingerprint density at radius 1 is 1.23 bits per heavy atom. The third-order valence-electron chi connectivity index (χ3n) is 3.92. The highest BCUT2D eigenvalue weighted by Crippen LogP contribution is 2.33. The first-order chi connectivity index (χ1) is 14.4. The molecule has 0 radical (unpaired) electrons. The van der Waals surface area contributed by atoms with Gasteiger partial charge in [-0.25, -0.2) is 22.9 Å². The van der Waals surface area contributed by atoms with Gasteiger partial charge in [0.1, 0.15) is 10.5 Å². The lowest BCUT2D eigenvalue weighted by molar-refractivity contribution is 0.0526. The fraction of sp³-hybridized carbons (Fsp3) is 0.316. The minimum absolute atomic E-state index is 0.0189. The number of sulfonamides is 1. The van der Waals surface area contributed by atoms with Crippen molar-refractivity contribution < 1.29 is 17.9 Å². The number of hydrogen-bond acceptors (Lipinski definition) is 7. The summed E-state index contributed by atoms with van der Waals surface area (Å²) in [5, 5.41) is 7.68. The first-order valence-corrected chi connectivity index (χ1v) is 11.5. The number of carbonyl (C=O) groups is 1. The number of carbonyl (C=O) groups excluding carboxylic acids is 1. The number of esters is 1. The first-order valence-electron chi connectivity index (χ1n) is 9.23. The second-order valence-corrected chi connectivity index (χ2v) is 10.0. The summed E-state index contributed by atoms with van der Waals surface area (Å²) in [5.74, 6) is -0.532.